The molecule has 0 radical (unpaired) electrons. The maximum atomic E-state index is 11.7. The molecule has 0 bridgehead atoms. The van der Waals surface area contributed by atoms with Crippen LogP contribution in [0.2, 0.25) is 0 Å². The minimum absolute atomic E-state index is 0.110. The number of hydrogen-bond acceptors (Lipinski definition) is 4. The summed E-state index contributed by atoms with van der Waals surface area (Å²) in [6.07, 6.45) is 3.80. The van der Waals surface area contributed by atoms with E-state index in [0.29, 0.717) is 19.5 Å². The zero-order chi connectivity index (χ0) is 13.5. The van der Waals surface area contributed by atoms with Gasteiger partial charge in [-0.1, -0.05) is 6.08 Å². The van der Waals surface area contributed by atoms with Crippen molar-refractivity contribution in [1.29, 1.82) is 0 Å². The number of nitrogens with zero attached hydrogens (tertiary/aromatic N) is 1. The van der Waals surface area contributed by atoms with E-state index < -0.39 is 0 Å². The fourth-order valence-electron chi connectivity index (χ4n) is 1.81. The van der Waals surface area contributed by atoms with E-state index in [-0.39, 0.29) is 5.78 Å². The summed E-state index contributed by atoms with van der Waals surface area (Å²) in [6.45, 7) is 8.43. The number of pyridine rings is 1. The molecular weight excluding hydrogens is 228 g/mol. The van der Waals surface area contributed by atoms with Crippen LogP contribution in [0.1, 0.15) is 16.8 Å². The van der Waals surface area contributed by atoms with E-state index >= 15 is 0 Å². The molecule has 98 valence electrons. The Hall–Kier alpha value is -1.68. The number of aromatic nitrogens is 1. The molecule has 0 aliphatic heterocycles. The molecule has 1 N–H and O–H groups in total. The predicted octanol–water partition coefficient (Wildman–Crippen LogP) is 1.59. The summed E-state index contributed by atoms with van der Waals surface area (Å²) in [4.78, 5) is 16.1. The minimum atomic E-state index is 0.110. The third-order valence-corrected chi connectivity index (χ3v) is 2.73. The van der Waals surface area contributed by atoms with Crippen LogP contribution in [0.25, 0.3) is 0 Å². The average Bonchev–Trinajstić information content (AvgIpc) is 2.34. The van der Waals surface area contributed by atoms with Gasteiger partial charge in [0.2, 0.25) is 0 Å². The van der Waals surface area contributed by atoms with Crippen LogP contribution in [0.5, 0.6) is 5.75 Å². The second kappa shape index (κ2) is 6.91. The van der Waals surface area contributed by atoms with E-state index in [1.807, 2.05) is 13.8 Å². The fourth-order valence-corrected chi connectivity index (χ4v) is 1.81. The van der Waals surface area contributed by atoms with Gasteiger partial charge in [0.05, 0.1) is 25.8 Å². The Kier molecular flexibility index (Phi) is 5.52. The monoisotopic (exact) mass is 248 g/mol. The standard InChI is InChI=1S/C14H20N2O2/c1-5-6-15-9-12(17)7-13-11(3)14(18-4)10(2)8-16-13/h5,8,15H,1,6-7,9H2,2-4H3. The smallest absolute Gasteiger partial charge is 0.152 e. The first-order valence-electron chi connectivity index (χ1n) is 5.92. The molecule has 4 nitrogen and oxygen atoms in total. The largest absolute Gasteiger partial charge is 0.496 e. The van der Waals surface area contributed by atoms with Gasteiger partial charge in [-0.05, 0) is 13.8 Å². The number of aryl methyl sites for hydroxylation is 1. The number of methoxy groups -OCH3 is 1. The Morgan fingerprint density at radius 2 is 2.28 bits per heavy atom. The maximum Gasteiger partial charge on any atom is 0.152 e. The van der Waals surface area contributed by atoms with Crippen molar-refractivity contribution in [2.75, 3.05) is 20.2 Å². The quantitative estimate of drug-likeness (QED) is 0.588. The molecule has 0 atom stereocenters. The van der Waals surface area contributed by atoms with Crippen LogP contribution in [0.4, 0.5) is 0 Å². The van der Waals surface area contributed by atoms with Crippen molar-refractivity contribution in [3.05, 3.63) is 35.7 Å². The first-order chi connectivity index (χ1) is 8.60. The molecular formula is C14H20N2O2. The highest BCUT2D eigenvalue weighted by Gasteiger charge is 2.12. The first-order valence-corrected chi connectivity index (χ1v) is 5.92. The van der Waals surface area contributed by atoms with Gasteiger partial charge in [-0.15, -0.1) is 6.58 Å². The molecule has 0 amide bonds. The number of nitrogens with one attached hydrogen (secondary N) is 1. The van der Waals surface area contributed by atoms with Crippen LogP contribution in [-0.2, 0) is 11.2 Å². The Balaban J connectivity index is 2.73. The Morgan fingerprint density at radius 3 is 2.89 bits per heavy atom. The fraction of sp³-hybridized carbons (Fsp3) is 0.429. The van der Waals surface area contributed by atoms with Gasteiger partial charge in [0.25, 0.3) is 0 Å². The molecule has 0 fully saturated rings. The molecule has 1 rings (SSSR count). The van der Waals surface area contributed by atoms with Crippen molar-refractivity contribution in [2.24, 2.45) is 0 Å². The first kappa shape index (κ1) is 14.4. The number of rotatable bonds is 7. The summed E-state index contributed by atoms with van der Waals surface area (Å²) in [6, 6.07) is 0. The van der Waals surface area contributed by atoms with Gasteiger partial charge < -0.3 is 10.1 Å². The Labute approximate surface area is 108 Å². The molecule has 0 saturated heterocycles. The van der Waals surface area contributed by atoms with Crippen molar-refractivity contribution >= 4 is 5.78 Å². The third-order valence-electron chi connectivity index (χ3n) is 2.73. The Morgan fingerprint density at radius 1 is 1.56 bits per heavy atom. The highest BCUT2D eigenvalue weighted by Crippen LogP contribution is 2.24. The van der Waals surface area contributed by atoms with E-state index in [1.165, 1.54) is 0 Å². The van der Waals surface area contributed by atoms with Crippen LogP contribution in [-0.4, -0.2) is 31.0 Å². The van der Waals surface area contributed by atoms with Gasteiger partial charge in [0.15, 0.2) is 5.78 Å². The lowest BCUT2D eigenvalue weighted by Crippen LogP contribution is -2.24. The highest BCUT2D eigenvalue weighted by molar-refractivity contribution is 5.82. The van der Waals surface area contributed by atoms with E-state index in [9.17, 15) is 4.79 Å². The van der Waals surface area contributed by atoms with Gasteiger partial charge in [-0.3, -0.25) is 9.78 Å². The molecule has 1 heterocycles. The zero-order valence-electron chi connectivity index (χ0n) is 11.2. The molecule has 0 aliphatic rings. The molecule has 1 aromatic rings. The Bertz CT molecular complexity index is 442. The van der Waals surface area contributed by atoms with Crippen LogP contribution in [0.3, 0.4) is 0 Å². The van der Waals surface area contributed by atoms with Crippen LogP contribution in [0, 0.1) is 13.8 Å². The van der Waals surface area contributed by atoms with Crippen molar-refractivity contribution in [1.82, 2.24) is 10.3 Å². The van der Waals surface area contributed by atoms with Gasteiger partial charge in [0, 0.05) is 23.9 Å². The number of carbonyl (C=O) groups excluding carboxylic acids is 1. The number of ether oxygens (including phenoxy) is 1. The lowest BCUT2D eigenvalue weighted by atomic mass is 10.1. The summed E-state index contributed by atoms with van der Waals surface area (Å²) >= 11 is 0. The molecule has 0 unspecified atom stereocenters. The van der Waals surface area contributed by atoms with Gasteiger partial charge >= 0.3 is 0 Å². The zero-order valence-corrected chi connectivity index (χ0v) is 11.2. The molecule has 0 spiro atoms. The second-order valence-corrected chi connectivity index (χ2v) is 4.18. The highest BCUT2D eigenvalue weighted by atomic mass is 16.5. The predicted molar refractivity (Wildman–Crippen MR) is 72.0 cm³/mol. The van der Waals surface area contributed by atoms with Crippen molar-refractivity contribution in [2.45, 2.75) is 20.3 Å². The van der Waals surface area contributed by atoms with Crippen LogP contribution < -0.4 is 10.1 Å². The summed E-state index contributed by atoms with van der Waals surface area (Å²) in [5.41, 5.74) is 2.70. The molecule has 4 heteroatoms. The number of Topliss-reactive ketones (excluding diaryl/α,β-unsaturated/α-hetero) is 1. The second-order valence-electron chi connectivity index (χ2n) is 4.18. The van der Waals surface area contributed by atoms with Crippen molar-refractivity contribution < 1.29 is 9.53 Å². The molecule has 1 aromatic heterocycles. The number of ketones is 1. The van der Waals surface area contributed by atoms with Crippen molar-refractivity contribution in [3.8, 4) is 5.75 Å². The topological polar surface area (TPSA) is 51.2 Å². The van der Waals surface area contributed by atoms with Gasteiger partial charge in [0.1, 0.15) is 5.75 Å². The maximum absolute atomic E-state index is 11.7. The van der Waals surface area contributed by atoms with E-state index in [0.717, 1.165) is 22.6 Å². The van der Waals surface area contributed by atoms with E-state index in [4.69, 9.17) is 4.74 Å². The van der Waals surface area contributed by atoms with Crippen LogP contribution >= 0.6 is 0 Å². The van der Waals surface area contributed by atoms with E-state index in [2.05, 4.69) is 16.9 Å². The number of hydrogen-bond donors (Lipinski definition) is 1. The van der Waals surface area contributed by atoms with Crippen molar-refractivity contribution in [3.63, 3.8) is 0 Å². The van der Waals surface area contributed by atoms with E-state index in [1.54, 1.807) is 19.4 Å². The normalized spacial score (nSPS) is 10.2. The average molecular weight is 248 g/mol. The summed E-state index contributed by atoms with van der Waals surface area (Å²) < 4.78 is 5.32. The minimum Gasteiger partial charge on any atom is -0.496 e. The summed E-state index contributed by atoms with van der Waals surface area (Å²) in [5, 5.41) is 2.99. The molecule has 0 aromatic carbocycles. The molecule has 0 aliphatic carbocycles. The SMILES string of the molecule is C=CCNCC(=O)Cc1ncc(C)c(OC)c1C. The molecule has 18 heavy (non-hydrogen) atoms. The third kappa shape index (κ3) is 3.67. The lowest BCUT2D eigenvalue weighted by molar-refractivity contribution is -0.117. The van der Waals surface area contributed by atoms with Gasteiger partial charge in [-0.25, -0.2) is 0 Å². The van der Waals surface area contributed by atoms with Crippen LogP contribution in [0.15, 0.2) is 18.9 Å². The summed E-state index contributed by atoms with van der Waals surface area (Å²) in [7, 11) is 1.63. The molecule has 0 saturated carbocycles. The lowest BCUT2D eigenvalue weighted by Gasteiger charge is -2.11. The summed E-state index contributed by atoms with van der Waals surface area (Å²) in [5.74, 6) is 0.921. The van der Waals surface area contributed by atoms with Gasteiger partial charge in [-0.2, -0.15) is 0 Å². The number of carbonyl (C=O) groups is 1.